The van der Waals surface area contributed by atoms with Gasteiger partial charge in [-0.1, -0.05) is 71.6 Å². The minimum Gasteiger partial charge on any atom is -0.466 e. The summed E-state index contributed by atoms with van der Waals surface area (Å²) in [6.45, 7) is 5.33. The maximum atomic E-state index is 11.6. The summed E-state index contributed by atoms with van der Waals surface area (Å²) in [5.41, 5.74) is 0. The number of hydrogen-bond acceptors (Lipinski definition) is 4. The maximum Gasteiger partial charge on any atom is 0.305 e. The van der Waals surface area contributed by atoms with Crippen molar-refractivity contribution in [2.75, 3.05) is 13.2 Å². The monoisotopic (exact) mass is 356 g/mol. The molecule has 0 bridgehead atoms. The standard InChI is InChI=1S/C21H40O4/c1-3-5-6-7-12-15-19-25-21(23)17-14-11-9-8-10-13-16-20(22)24-18-4-2/h3-19H2,1-2H3. The lowest BCUT2D eigenvalue weighted by Gasteiger charge is -2.05. The molecule has 0 aromatic carbocycles. The normalized spacial score (nSPS) is 10.6. The Kier molecular flexibility index (Phi) is 18.5. The van der Waals surface area contributed by atoms with Crippen molar-refractivity contribution in [2.24, 2.45) is 0 Å². The molecule has 0 aliphatic rings. The summed E-state index contributed by atoms with van der Waals surface area (Å²) in [5, 5.41) is 0. The summed E-state index contributed by atoms with van der Waals surface area (Å²) in [5.74, 6) is -0.123. The van der Waals surface area contributed by atoms with Crippen molar-refractivity contribution in [3.63, 3.8) is 0 Å². The van der Waals surface area contributed by atoms with Crippen LogP contribution in [0.5, 0.6) is 0 Å². The topological polar surface area (TPSA) is 52.6 Å². The average Bonchev–Trinajstić information content (AvgIpc) is 2.61. The molecule has 0 saturated carbocycles. The molecule has 0 aromatic rings. The molecule has 0 spiro atoms. The summed E-state index contributed by atoms with van der Waals surface area (Å²) in [6, 6.07) is 0. The van der Waals surface area contributed by atoms with E-state index in [1.165, 1.54) is 32.1 Å². The van der Waals surface area contributed by atoms with Crippen LogP contribution in [0.25, 0.3) is 0 Å². The van der Waals surface area contributed by atoms with Gasteiger partial charge in [-0.05, 0) is 25.7 Å². The Morgan fingerprint density at radius 2 is 0.960 bits per heavy atom. The van der Waals surface area contributed by atoms with E-state index in [2.05, 4.69) is 6.92 Å². The van der Waals surface area contributed by atoms with E-state index in [1.807, 2.05) is 6.92 Å². The first-order valence-electron chi connectivity index (χ1n) is 10.5. The summed E-state index contributed by atoms with van der Waals surface area (Å²) >= 11 is 0. The molecule has 0 fully saturated rings. The van der Waals surface area contributed by atoms with E-state index in [9.17, 15) is 9.59 Å². The van der Waals surface area contributed by atoms with E-state index in [-0.39, 0.29) is 11.9 Å². The molecular formula is C21H40O4. The fourth-order valence-electron chi connectivity index (χ4n) is 2.67. The van der Waals surface area contributed by atoms with Crippen LogP contribution in [-0.2, 0) is 19.1 Å². The van der Waals surface area contributed by atoms with Crippen molar-refractivity contribution in [3.8, 4) is 0 Å². The largest absolute Gasteiger partial charge is 0.466 e. The lowest BCUT2D eigenvalue weighted by molar-refractivity contribution is -0.144. The van der Waals surface area contributed by atoms with Gasteiger partial charge in [0.05, 0.1) is 13.2 Å². The van der Waals surface area contributed by atoms with Gasteiger partial charge in [0.2, 0.25) is 0 Å². The molecule has 0 radical (unpaired) electrons. The van der Waals surface area contributed by atoms with Crippen LogP contribution in [0.3, 0.4) is 0 Å². The quantitative estimate of drug-likeness (QED) is 0.224. The first-order chi connectivity index (χ1) is 12.2. The van der Waals surface area contributed by atoms with Gasteiger partial charge in [0.1, 0.15) is 0 Å². The van der Waals surface area contributed by atoms with E-state index in [0.29, 0.717) is 26.1 Å². The molecule has 0 heterocycles. The van der Waals surface area contributed by atoms with Crippen LogP contribution < -0.4 is 0 Å². The Hall–Kier alpha value is -1.06. The van der Waals surface area contributed by atoms with Gasteiger partial charge < -0.3 is 9.47 Å². The highest BCUT2D eigenvalue weighted by atomic mass is 16.5. The zero-order valence-corrected chi connectivity index (χ0v) is 16.7. The molecule has 148 valence electrons. The van der Waals surface area contributed by atoms with Gasteiger partial charge in [-0.25, -0.2) is 0 Å². The number of ether oxygens (including phenoxy) is 2. The first-order valence-corrected chi connectivity index (χ1v) is 10.5. The van der Waals surface area contributed by atoms with Gasteiger partial charge in [0, 0.05) is 12.8 Å². The lowest BCUT2D eigenvalue weighted by Crippen LogP contribution is -2.05. The minimum atomic E-state index is -0.0741. The van der Waals surface area contributed by atoms with Crippen molar-refractivity contribution in [1.29, 1.82) is 0 Å². The van der Waals surface area contributed by atoms with E-state index in [4.69, 9.17) is 9.47 Å². The Balaban J connectivity index is 3.23. The van der Waals surface area contributed by atoms with E-state index in [0.717, 1.165) is 51.4 Å². The molecule has 0 atom stereocenters. The van der Waals surface area contributed by atoms with Crippen LogP contribution in [0.4, 0.5) is 0 Å². The molecule has 0 amide bonds. The van der Waals surface area contributed by atoms with Gasteiger partial charge >= 0.3 is 11.9 Å². The highest BCUT2D eigenvalue weighted by molar-refractivity contribution is 5.69. The average molecular weight is 357 g/mol. The third-order valence-corrected chi connectivity index (χ3v) is 4.24. The molecule has 0 aromatic heterocycles. The molecule has 0 unspecified atom stereocenters. The van der Waals surface area contributed by atoms with Crippen LogP contribution in [0.1, 0.15) is 110 Å². The summed E-state index contributed by atoms with van der Waals surface area (Å²) in [4.78, 5) is 22.9. The van der Waals surface area contributed by atoms with Crippen molar-refractivity contribution in [2.45, 2.75) is 110 Å². The Bertz CT molecular complexity index is 315. The van der Waals surface area contributed by atoms with Gasteiger partial charge in [-0.15, -0.1) is 0 Å². The number of hydrogen-bond donors (Lipinski definition) is 0. The summed E-state index contributed by atoms with van der Waals surface area (Å²) < 4.78 is 10.3. The molecule has 0 aliphatic carbocycles. The molecule has 0 saturated heterocycles. The summed E-state index contributed by atoms with van der Waals surface area (Å²) in [6.07, 6.45) is 15.4. The fraction of sp³-hybridized carbons (Fsp3) is 0.905. The third kappa shape index (κ3) is 19.1. The highest BCUT2D eigenvalue weighted by Crippen LogP contribution is 2.10. The van der Waals surface area contributed by atoms with Gasteiger partial charge in [0.25, 0.3) is 0 Å². The second kappa shape index (κ2) is 19.3. The van der Waals surface area contributed by atoms with E-state index < -0.39 is 0 Å². The molecule has 0 aliphatic heterocycles. The summed E-state index contributed by atoms with van der Waals surface area (Å²) in [7, 11) is 0. The van der Waals surface area contributed by atoms with Crippen molar-refractivity contribution >= 4 is 11.9 Å². The number of unbranched alkanes of at least 4 members (excludes halogenated alkanes) is 10. The minimum absolute atomic E-state index is 0.0489. The molecule has 0 rings (SSSR count). The van der Waals surface area contributed by atoms with Crippen molar-refractivity contribution < 1.29 is 19.1 Å². The molecule has 25 heavy (non-hydrogen) atoms. The zero-order chi connectivity index (χ0) is 18.6. The Morgan fingerprint density at radius 3 is 1.48 bits per heavy atom. The van der Waals surface area contributed by atoms with Crippen LogP contribution in [0.15, 0.2) is 0 Å². The number of esters is 2. The van der Waals surface area contributed by atoms with Crippen molar-refractivity contribution in [3.05, 3.63) is 0 Å². The molecule has 4 heteroatoms. The van der Waals surface area contributed by atoms with E-state index in [1.54, 1.807) is 0 Å². The Morgan fingerprint density at radius 1 is 0.520 bits per heavy atom. The van der Waals surface area contributed by atoms with Crippen molar-refractivity contribution in [1.82, 2.24) is 0 Å². The highest BCUT2D eigenvalue weighted by Gasteiger charge is 2.03. The predicted octanol–water partition coefficient (Wildman–Crippen LogP) is 5.96. The third-order valence-electron chi connectivity index (χ3n) is 4.24. The molecule has 4 nitrogen and oxygen atoms in total. The first kappa shape index (κ1) is 23.9. The van der Waals surface area contributed by atoms with Gasteiger partial charge in [-0.3, -0.25) is 9.59 Å². The number of rotatable bonds is 18. The van der Waals surface area contributed by atoms with Gasteiger partial charge in [-0.2, -0.15) is 0 Å². The second-order valence-electron chi connectivity index (χ2n) is 6.83. The molecule has 0 N–H and O–H groups in total. The smallest absolute Gasteiger partial charge is 0.305 e. The van der Waals surface area contributed by atoms with E-state index >= 15 is 0 Å². The Labute approximate surface area is 155 Å². The number of carbonyl (C=O) groups excluding carboxylic acids is 2. The van der Waals surface area contributed by atoms with Crippen LogP contribution in [0.2, 0.25) is 0 Å². The van der Waals surface area contributed by atoms with Crippen LogP contribution >= 0.6 is 0 Å². The predicted molar refractivity (Wildman–Crippen MR) is 103 cm³/mol. The second-order valence-corrected chi connectivity index (χ2v) is 6.83. The molecular weight excluding hydrogens is 316 g/mol. The van der Waals surface area contributed by atoms with Crippen LogP contribution in [-0.4, -0.2) is 25.2 Å². The zero-order valence-electron chi connectivity index (χ0n) is 16.7. The lowest BCUT2D eigenvalue weighted by atomic mass is 10.1. The SMILES string of the molecule is CCCCCCCCOC(=O)CCCCCCCCC(=O)OCCC. The maximum absolute atomic E-state index is 11.6. The fourth-order valence-corrected chi connectivity index (χ4v) is 2.67. The van der Waals surface area contributed by atoms with Gasteiger partial charge in [0.15, 0.2) is 0 Å². The number of carbonyl (C=O) groups is 2. The van der Waals surface area contributed by atoms with Crippen LogP contribution in [0, 0.1) is 0 Å².